The summed E-state index contributed by atoms with van der Waals surface area (Å²) in [6, 6.07) is 13.1. The van der Waals surface area contributed by atoms with Crippen LogP contribution < -0.4 is 5.56 Å². The van der Waals surface area contributed by atoms with Gasteiger partial charge in [0, 0.05) is 18.0 Å². The first-order valence-corrected chi connectivity index (χ1v) is 7.90. The van der Waals surface area contributed by atoms with E-state index in [2.05, 4.69) is 15.2 Å². The van der Waals surface area contributed by atoms with Gasteiger partial charge in [-0.2, -0.15) is 10.1 Å². The molecule has 0 spiro atoms. The molecule has 0 bridgehead atoms. The van der Waals surface area contributed by atoms with Gasteiger partial charge < -0.3 is 4.52 Å². The Labute approximate surface area is 140 Å². The first-order valence-electron chi connectivity index (χ1n) is 7.90. The molecule has 1 aromatic carbocycles. The van der Waals surface area contributed by atoms with Gasteiger partial charge in [0.05, 0.1) is 0 Å². The molecule has 0 aliphatic heterocycles. The largest absolute Gasteiger partial charge is 0.332 e. The van der Waals surface area contributed by atoms with Gasteiger partial charge in [-0.3, -0.25) is 4.79 Å². The monoisotopic (exact) mass is 324 g/mol. The zero-order valence-corrected chi connectivity index (χ0v) is 14.1. The van der Waals surface area contributed by atoms with Crippen molar-refractivity contribution in [3.05, 3.63) is 64.2 Å². The van der Waals surface area contributed by atoms with Gasteiger partial charge in [-0.1, -0.05) is 56.3 Å². The zero-order valence-electron chi connectivity index (χ0n) is 14.1. The second-order valence-corrected chi connectivity index (χ2v) is 6.69. The van der Waals surface area contributed by atoms with E-state index >= 15 is 0 Å². The highest BCUT2D eigenvalue weighted by atomic mass is 16.5. The average Bonchev–Trinajstić information content (AvgIpc) is 3.05. The topological polar surface area (TPSA) is 73.8 Å². The third kappa shape index (κ3) is 3.59. The summed E-state index contributed by atoms with van der Waals surface area (Å²) in [6.07, 6.45) is 0.730. The molecule has 0 saturated carbocycles. The van der Waals surface area contributed by atoms with Gasteiger partial charge in [-0.05, 0) is 18.1 Å². The van der Waals surface area contributed by atoms with Crippen LogP contribution in [0.4, 0.5) is 0 Å². The van der Waals surface area contributed by atoms with Crippen LogP contribution in [-0.2, 0) is 18.4 Å². The molecule has 3 aromatic rings. The van der Waals surface area contributed by atoms with Crippen LogP contribution in [-0.4, -0.2) is 19.9 Å². The van der Waals surface area contributed by atoms with E-state index in [4.69, 9.17) is 4.52 Å². The highest BCUT2D eigenvalue weighted by Crippen LogP contribution is 2.21. The molecule has 124 valence electrons. The molecule has 0 saturated heterocycles. The number of hydrogen-bond acceptors (Lipinski definition) is 5. The first kappa shape index (κ1) is 16.1. The van der Waals surface area contributed by atoms with Crippen molar-refractivity contribution in [2.45, 2.75) is 39.2 Å². The van der Waals surface area contributed by atoms with Crippen molar-refractivity contribution in [2.24, 2.45) is 0 Å². The summed E-state index contributed by atoms with van der Waals surface area (Å²) in [5.41, 5.74) is 1.31. The van der Waals surface area contributed by atoms with Gasteiger partial charge >= 0.3 is 0 Å². The normalized spacial score (nSPS) is 11.6. The van der Waals surface area contributed by atoms with Crippen LogP contribution in [0.5, 0.6) is 0 Å². The van der Waals surface area contributed by atoms with E-state index in [0.29, 0.717) is 24.0 Å². The first-order chi connectivity index (χ1) is 11.4. The molecule has 2 heterocycles. The molecule has 0 N–H and O–H groups in total. The lowest BCUT2D eigenvalue weighted by Crippen LogP contribution is -2.23. The number of nitrogens with zero attached hydrogens (tertiary/aromatic N) is 4. The summed E-state index contributed by atoms with van der Waals surface area (Å²) in [5.74, 6) is 0.940. The predicted octanol–water partition coefficient (Wildman–Crippen LogP) is 2.83. The third-order valence-electron chi connectivity index (χ3n) is 3.64. The summed E-state index contributed by atoms with van der Waals surface area (Å²) in [6.45, 7) is 6.53. The van der Waals surface area contributed by atoms with Crippen LogP contribution in [0, 0.1) is 0 Å². The van der Waals surface area contributed by atoms with Crippen molar-refractivity contribution in [2.75, 3.05) is 0 Å². The minimum absolute atomic E-state index is 0.148. The second-order valence-electron chi connectivity index (χ2n) is 6.69. The van der Waals surface area contributed by atoms with E-state index in [0.717, 1.165) is 12.0 Å². The quantitative estimate of drug-likeness (QED) is 0.738. The molecule has 0 amide bonds. The molecule has 0 unspecified atom stereocenters. The molecule has 2 aromatic heterocycles. The number of benzene rings is 1. The van der Waals surface area contributed by atoms with Crippen molar-refractivity contribution >= 4 is 0 Å². The van der Waals surface area contributed by atoms with Crippen molar-refractivity contribution in [1.82, 2.24) is 19.9 Å². The molecule has 0 radical (unpaired) electrons. The van der Waals surface area contributed by atoms with Gasteiger partial charge in [0.15, 0.2) is 5.82 Å². The van der Waals surface area contributed by atoms with E-state index < -0.39 is 0 Å². The minimum atomic E-state index is -0.205. The SMILES string of the molecule is CC(C)(C)c1noc(-c2ccc(=O)n(CCc3ccccc3)n2)n1. The maximum absolute atomic E-state index is 12.0. The molecule has 3 rings (SSSR count). The van der Waals surface area contributed by atoms with Gasteiger partial charge in [-0.15, -0.1) is 0 Å². The van der Waals surface area contributed by atoms with E-state index in [1.165, 1.54) is 10.7 Å². The molecule has 0 fully saturated rings. The van der Waals surface area contributed by atoms with Crippen molar-refractivity contribution in [3.8, 4) is 11.6 Å². The van der Waals surface area contributed by atoms with Gasteiger partial charge in [-0.25, -0.2) is 4.68 Å². The van der Waals surface area contributed by atoms with Crippen LogP contribution in [0.1, 0.15) is 32.2 Å². The number of rotatable bonds is 4. The van der Waals surface area contributed by atoms with E-state index in [1.54, 1.807) is 6.07 Å². The van der Waals surface area contributed by atoms with E-state index in [1.807, 2.05) is 51.1 Å². The molecule has 0 atom stereocenters. The van der Waals surface area contributed by atoms with E-state index in [9.17, 15) is 4.79 Å². The Morgan fingerprint density at radius 2 is 1.83 bits per heavy atom. The summed E-state index contributed by atoms with van der Waals surface area (Å²) >= 11 is 0. The minimum Gasteiger partial charge on any atom is -0.332 e. The smallest absolute Gasteiger partial charge is 0.278 e. The highest BCUT2D eigenvalue weighted by molar-refractivity contribution is 5.44. The van der Waals surface area contributed by atoms with E-state index in [-0.39, 0.29) is 11.0 Å². The summed E-state index contributed by atoms with van der Waals surface area (Å²) in [5, 5.41) is 8.36. The lowest BCUT2D eigenvalue weighted by atomic mass is 9.96. The maximum atomic E-state index is 12.0. The van der Waals surface area contributed by atoms with Crippen molar-refractivity contribution in [3.63, 3.8) is 0 Å². The Bertz CT molecular complexity index is 876. The van der Waals surface area contributed by atoms with Crippen LogP contribution in [0.25, 0.3) is 11.6 Å². The lowest BCUT2D eigenvalue weighted by Gasteiger charge is -2.10. The number of aromatic nitrogens is 4. The Morgan fingerprint density at radius 3 is 2.50 bits per heavy atom. The summed E-state index contributed by atoms with van der Waals surface area (Å²) in [4.78, 5) is 16.4. The third-order valence-corrected chi connectivity index (χ3v) is 3.64. The van der Waals surface area contributed by atoms with Crippen LogP contribution in [0.3, 0.4) is 0 Å². The summed E-state index contributed by atoms with van der Waals surface area (Å²) in [7, 11) is 0. The average molecular weight is 324 g/mol. The Balaban J connectivity index is 1.83. The van der Waals surface area contributed by atoms with Crippen molar-refractivity contribution in [1.29, 1.82) is 0 Å². The fraction of sp³-hybridized carbons (Fsp3) is 0.333. The van der Waals surface area contributed by atoms with Crippen LogP contribution >= 0.6 is 0 Å². The predicted molar refractivity (Wildman–Crippen MR) is 90.6 cm³/mol. The molecule has 0 aliphatic carbocycles. The second kappa shape index (κ2) is 6.39. The van der Waals surface area contributed by atoms with Crippen LogP contribution in [0.15, 0.2) is 51.8 Å². The fourth-order valence-corrected chi connectivity index (χ4v) is 2.24. The summed E-state index contributed by atoms with van der Waals surface area (Å²) < 4.78 is 6.73. The number of aryl methyl sites for hydroxylation is 2. The maximum Gasteiger partial charge on any atom is 0.278 e. The lowest BCUT2D eigenvalue weighted by molar-refractivity contribution is 0.400. The Morgan fingerprint density at radius 1 is 1.08 bits per heavy atom. The standard InChI is InChI=1S/C18H20N4O2/c1-18(2,3)17-19-16(24-21-17)14-9-10-15(23)22(20-14)12-11-13-7-5-4-6-8-13/h4-10H,11-12H2,1-3H3. The molecule has 6 nitrogen and oxygen atoms in total. The molecular formula is C18H20N4O2. The van der Waals surface area contributed by atoms with Crippen molar-refractivity contribution < 1.29 is 4.52 Å². The molecule has 24 heavy (non-hydrogen) atoms. The van der Waals surface area contributed by atoms with Crippen LogP contribution in [0.2, 0.25) is 0 Å². The van der Waals surface area contributed by atoms with Gasteiger partial charge in [0.1, 0.15) is 5.69 Å². The van der Waals surface area contributed by atoms with Gasteiger partial charge in [0.25, 0.3) is 11.4 Å². The molecule has 0 aliphatic rings. The Hall–Kier alpha value is -2.76. The Kier molecular flexibility index (Phi) is 4.29. The number of hydrogen-bond donors (Lipinski definition) is 0. The zero-order chi connectivity index (χ0) is 17.2. The molecule has 6 heteroatoms. The molecular weight excluding hydrogens is 304 g/mol. The highest BCUT2D eigenvalue weighted by Gasteiger charge is 2.22. The van der Waals surface area contributed by atoms with Gasteiger partial charge in [0.2, 0.25) is 0 Å². The fourth-order valence-electron chi connectivity index (χ4n) is 2.24.